The molecular formula is C96H55Br7S7. The van der Waals surface area contributed by atoms with Crippen molar-refractivity contribution < 1.29 is 0 Å². The summed E-state index contributed by atoms with van der Waals surface area (Å²) in [6, 6.07) is 118. The van der Waals surface area contributed by atoms with Crippen molar-refractivity contribution in [3.8, 4) is 0 Å². The van der Waals surface area contributed by atoms with E-state index in [1.165, 1.54) is 196 Å². The molecule has 0 nitrogen and oxygen atoms in total. The van der Waals surface area contributed by atoms with Gasteiger partial charge in [-0.3, -0.25) is 0 Å². The van der Waals surface area contributed by atoms with Crippen molar-refractivity contribution in [2.45, 2.75) is 0 Å². The Bertz CT molecular complexity index is 7570. The first-order valence-corrected chi connectivity index (χ1v) is 46.4. The van der Waals surface area contributed by atoms with Crippen molar-refractivity contribution in [3.63, 3.8) is 0 Å². The summed E-state index contributed by atoms with van der Waals surface area (Å²) < 4.78 is 27.2. The minimum atomic E-state index is 1.15. The quantitative estimate of drug-likeness (QED) is 0.142. The molecule has 14 heteroatoms. The fourth-order valence-electron chi connectivity index (χ4n) is 14.4. The van der Waals surface area contributed by atoms with Crippen LogP contribution in [0.15, 0.2) is 365 Å². The molecule has 0 atom stereocenters. The molecule has 0 aliphatic heterocycles. The first kappa shape index (κ1) is 73.9. The van der Waals surface area contributed by atoms with Crippen molar-refractivity contribution >= 4 is 364 Å². The second kappa shape index (κ2) is 32.5. The first-order chi connectivity index (χ1) is 53.9. The van der Waals surface area contributed by atoms with Gasteiger partial charge >= 0.3 is 0 Å². The Morgan fingerprint density at radius 3 is 1.15 bits per heavy atom. The van der Waals surface area contributed by atoms with Crippen LogP contribution in [0.4, 0.5) is 0 Å². The minimum absolute atomic E-state index is 1.15. The molecular weight excluding hydrogens is 1940 g/mol. The zero-order valence-corrected chi connectivity index (χ0v) is 74.6. The maximum Gasteiger partial charge on any atom is 0.0504 e. The Labute approximate surface area is 720 Å². The van der Waals surface area contributed by atoms with Crippen LogP contribution < -0.4 is 0 Å². The number of rotatable bonds is 0. The van der Waals surface area contributed by atoms with Gasteiger partial charge in [-0.15, -0.1) is 79.4 Å². The van der Waals surface area contributed by atoms with Crippen LogP contribution in [0.3, 0.4) is 0 Å². The highest BCUT2D eigenvalue weighted by Crippen LogP contribution is 2.47. The van der Waals surface area contributed by atoms with Gasteiger partial charge in [0, 0.05) is 169 Å². The maximum atomic E-state index is 3.77. The number of thiophene rings is 7. The Morgan fingerprint density at radius 2 is 0.518 bits per heavy atom. The SMILES string of the molecule is Brc1c2ccccc2cc2c1sc1ccccc12.Brc1cc2c3ccccc3sc2c2ccccc12.Brc1cc2ccccc2c2c1sc1ccccc12.Brc1ccc2c(c1)sc1ccccc12.Brc1ccc2sc3ccccc3c2c1.Brc1cccc2c1sc1ccccc12.Brc1cccc2sc3ccccc3c12. The third-order valence-corrected chi connectivity index (χ3v) is 32.8. The van der Waals surface area contributed by atoms with Gasteiger partial charge in [-0.05, 0) is 184 Å². The molecule has 7 heterocycles. The smallest absolute Gasteiger partial charge is 0.0504 e. The number of fused-ring (bicyclic) bond motifs is 26. The molecule has 0 bridgehead atoms. The van der Waals surface area contributed by atoms with E-state index in [2.05, 4.69) is 445 Å². The molecule has 0 fully saturated rings. The first-order valence-electron chi connectivity index (χ1n) is 35.2. The molecule has 7 aromatic heterocycles. The lowest BCUT2D eigenvalue weighted by Gasteiger charge is -2.02. The van der Waals surface area contributed by atoms with Crippen LogP contribution >= 0.6 is 191 Å². The fourth-order valence-corrected chi connectivity index (χ4v) is 26.6. The van der Waals surface area contributed by atoms with E-state index in [-0.39, 0.29) is 0 Å². The Morgan fingerprint density at radius 1 is 0.155 bits per heavy atom. The van der Waals surface area contributed by atoms with Gasteiger partial charge in [0.1, 0.15) is 0 Å². The average Bonchev–Trinajstić information content (AvgIpc) is 1.59. The number of benzene rings is 17. The van der Waals surface area contributed by atoms with E-state index < -0.39 is 0 Å². The van der Waals surface area contributed by atoms with Crippen molar-refractivity contribution in [1.82, 2.24) is 0 Å². The highest BCUT2D eigenvalue weighted by molar-refractivity contribution is 9.11. The van der Waals surface area contributed by atoms with Gasteiger partial charge in [-0.1, -0.05) is 288 Å². The van der Waals surface area contributed by atoms with E-state index in [9.17, 15) is 0 Å². The third kappa shape index (κ3) is 14.6. The fraction of sp³-hybridized carbons (Fsp3) is 0. The normalized spacial score (nSPS) is 11.4. The Balaban J connectivity index is 0.0000000903. The predicted molar refractivity (Wildman–Crippen MR) is 522 cm³/mol. The highest BCUT2D eigenvalue weighted by atomic mass is 79.9. The van der Waals surface area contributed by atoms with Crippen LogP contribution in [0, 0.1) is 0 Å². The number of halogens is 7. The summed E-state index contributed by atoms with van der Waals surface area (Å²) in [5.74, 6) is 0. The zero-order valence-electron chi connectivity index (χ0n) is 57.8. The van der Waals surface area contributed by atoms with Gasteiger partial charge in [0.2, 0.25) is 0 Å². The van der Waals surface area contributed by atoms with Crippen LogP contribution in [-0.4, -0.2) is 0 Å². The zero-order chi connectivity index (χ0) is 74.5. The second-order valence-electron chi connectivity index (χ2n) is 26.1. The van der Waals surface area contributed by atoms with E-state index in [1.54, 1.807) is 0 Å². The van der Waals surface area contributed by atoms with Gasteiger partial charge in [0.25, 0.3) is 0 Å². The minimum Gasteiger partial charge on any atom is -0.135 e. The molecule has 0 saturated heterocycles. The summed E-state index contributed by atoms with van der Waals surface area (Å²) in [6.07, 6.45) is 0. The van der Waals surface area contributed by atoms with Gasteiger partial charge < -0.3 is 0 Å². The molecule has 0 amide bonds. The molecule has 24 aromatic rings. The second-order valence-corrected chi connectivity index (χ2v) is 39.6. The molecule has 0 radical (unpaired) electrons. The molecule has 17 aromatic carbocycles. The molecule has 0 aliphatic carbocycles. The lowest BCUT2D eigenvalue weighted by Crippen LogP contribution is -1.75. The van der Waals surface area contributed by atoms with E-state index in [1.807, 2.05) is 79.4 Å². The van der Waals surface area contributed by atoms with Crippen LogP contribution in [0.5, 0.6) is 0 Å². The summed E-state index contributed by atoms with van der Waals surface area (Å²) in [5, 5.41) is 26.8. The van der Waals surface area contributed by atoms with Gasteiger partial charge in [-0.2, -0.15) is 0 Å². The molecule has 0 spiro atoms. The molecule has 0 saturated carbocycles. The lowest BCUT2D eigenvalue weighted by atomic mass is 10.0. The van der Waals surface area contributed by atoms with Crippen LogP contribution in [0.2, 0.25) is 0 Å². The van der Waals surface area contributed by atoms with Crippen molar-refractivity contribution in [1.29, 1.82) is 0 Å². The molecule has 530 valence electrons. The molecule has 0 aliphatic rings. The average molecular weight is 1990 g/mol. The van der Waals surface area contributed by atoms with Crippen molar-refractivity contribution in [2.75, 3.05) is 0 Å². The largest absolute Gasteiger partial charge is 0.135 e. The standard InChI is InChI=1S/3C16H9BrS.4C12H7BrS/c17-14-9-13-11-6-3-4-8-15(11)18-16(13)12-7-2-1-5-10(12)14;17-13-9-10-5-1-2-6-11(10)15-12-7-3-4-8-14(12)18-16(13)15;17-15-11-6-2-1-5-10(11)9-13-12-7-3-4-8-14(12)18-16(13)15;13-10-6-3-5-9-8-4-1-2-7-11(8)14-12(9)10;13-9-5-3-7-11-12(9)8-4-1-2-6-10(8)14-11;13-8-5-6-12-10(7-8)9-3-1-2-4-11(9)14-12;13-8-5-6-10-9-3-1-2-4-11(9)14-12(10)7-8/h3*1-9H;4*1-7H. The van der Waals surface area contributed by atoms with E-state index in [4.69, 9.17) is 0 Å². The summed E-state index contributed by atoms with van der Waals surface area (Å²) in [6.45, 7) is 0. The lowest BCUT2D eigenvalue weighted by molar-refractivity contribution is 1.77. The van der Waals surface area contributed by atoms with Gasteiger partial charge in [0.05, 0.1) is 9.40 Å². The van der Waals surface area contributed by atoms with Crippen LogP contribution in [0.25, 0.3) is 174 Å². The maximum absolute atomic E-state index is 3.77. The van der Waals surface area contributed by atoms with E-state index >= 15 is 0 Å². The summed E-state index contributed by atoms with van der Waals surface area (Å²) in [5.41, 5.74) is 0. The summed E-state index contributed by atoms with van der Waals surface area (Å²) in [4.78, 5) is 0. The van der Waals surface area contributed by atoms with E-state index in [0.29, 0.717) is 0 Å². The van der Waals surface area contributed by atoms with Crippen LogP contribution in [0.1, 0.15) is 0 Å². The third-order valence-electron chi connectivity index (χ3n) is 19.4. The van der Waals surface area contributed by atoms with Crippen LogP contribution in [-0.2, 0) is 0 Å². The van der Waals surface area contributed by atoms with Gasteiger partial charge in [-0.25, -0.2) is 0 Å². The highest BCUT2D eigenvalue weighted by Gasteiger charge is 2.16. The Hall–Kier alpha value is -7.58. The topological polar surface area (TPSA) is 0 Å². The number of hydrogen-bond donors (Lipinski definition) is 0. The summed E-state index contributed by atoms with van der Waals surface area (Å²) in [7, 11) is 0. The van der Waals surface area contributed by atoms with Gasteiger partial charge in [0.15, 0.2) is 0 Å². The number of hydrogen-bond acceptors (Lipinski definition) is 7. The summed E-state index contributed by atoms with van der Waals surface area (Å²) >= 11 is 38.3. The van der Waals surface area contributed by atoms with Crippen molar-refractivity contribution in [2.24, 2.45) is 0 Å². The Kier molecular flexibility index (Phi) is 21.8. The molecule has 110 heavy (non-hydrogen) atoms. The molecule has 24 rings (SSSR count). The molecule has 0 unspecified atom stereocenters. The monoisotopic (exact) mass is 1980 g/mol. The van der Waals surface area contributed by atoms with Crippen molar-refractivity contribution in [3.05, 3.63) is 365 Å². The predicted octanol–water partition coefficient (Wildman–Crippen LogP) is 37.2. The van der Waals surface area contributed by atoms with E-state index in [0.717, 1.165) is 8.95 Å². The molecule has 0 N–H and O–H groups in total.